The topological polar surface area (TPSA) is 146 Å². The Balaban J connectivity index is 1.59. The lowest BCUT2D eigenvalue weighted by Crippen LogP contribution is -2.78. The molecular formula is C26H23BrN8O2. The van der Waals surface area contributed by atoms with E-state index in [1.807, 2.05) is 54.9 Å². The number of fused-ring (bicyclic) bond motifs is 2. The summed E-state index contributed by atoms with van der Waals surface area (Å²) in [5.74, 6) is -1.97. The van der Waals surface area contributed by atoms with Crippen molar-refractivity contribution >= 4 is 61.5 Å². The molecule has 10 nitrogen and oxygen atoms in total. The molecule has 37 heavy (non-hydrogen) atoms. The van der Waals surface area contributed by atoms with Gasteiger partial charge in [-0.3, -0.25) is 25.2 Å². The minimum absolute atomic E-state index is 0.0220. The largest absolute Gasteiger partial charge is 0.370 e. The summed E-state index contributed by atoms with van der Waals surface area (Å²) in [6, 6.07) is 13.6. The maximum Gasteiger partial charge on any atom is 0.256 e. The second kappa shape index (κ2) is 7.00. The van der Waals surface area contributed by atoms with E-state index in [-0.39, 0.29) is 23.7 Å². The summed E-state index contributed by atoms with van der Waals surface area (Å²) in [7, 11) is 3.35. The number of carbonyl (C=O) groups is 2. The smallest absolute Gasteiger partial charge is 0.256 e. The van der Waals surface area contributed by atoms with Gasteiger partial charge in [0.2, 0.25) is 5.96 Å². The minimum Gasteiger partial charge on any atom is -0.370 e. The molecule has 2 aliphatic heterocycles. The van der Waals surface area contributed by atoms with Crippen LogP contribution in [0.25, 0.3) is 21.8 Å². The summed E-state index contributed by atoms with van der Waals surface area (Å²) in [5.41, 5.74) is 6.76. The van der Waals surface area contributed by atoms with Crippen molar-refractivity contribution < 1.29 is 9.59 Å². The molecule has 4 atom stereocenters. The van der Waals surface area contributed by atoms with Gasteiger partial charge in [-0.2, -0.15) is 0 Å². The molecule has 2 spiro atoms. The Kier molecular flexibility index (Phi) is 4.18. The zero-order valence-corrected chi connectivity index (χ0v) is 21.6. The molecule has 1 saturated carbocycles. The van der Waals surface area contributed by atoms with E-state index in [0.717, 1.165) is 37.4 Å². The van der Waals surface area contributed by atoms with Crippen molar-refractivity contribution in [1.82, 2.24) is 25.1 Å². The van der Waals surface area contributed by atoms with Crippen LogP contribution in [0.3, 0.4) is 0 Å². The number of aliphatic imine (C=N–C) groups is 1. The Morgan fingerprint density at radius 2 is 1.65 bits per heavy atom. The van der Waals surface area contributed by atoms with Crippen LogP contribution in [-0.2, 0) is 9.59 Å². The maximum atomic E-state index is 14.3. The van der Waals surface area contributed by atoms with Crippen LogP contribution in [0.4, 0.5) is 0 Å². The number of nitrogens with zero attached hydrogens (tertiary/aromatic N) is 3. The fraction of sp³-hybridized carbons (Fsp3) is 0.231. The lowest BCUT2D eigenvalue weighted by Gasteiger charge is -2.63. The Morgan fingerprint density at radius 3 is 2.27 bits per heavy atom. The van der Waals surface area contributed by atoms with Crippen molar-refractivity contribution in [1.29, 1.82) is 5.41 Å². The third kappa shape index (κ3) is 2.40. The van der Waals surface area contributed by atoms with E-state index in [1.54, 1.807) is 19.0 Å². The second-order valence-corrected chi connectivity index (χ2v) is 10.9. The van der Waals surface area contributed by atoms with Crippen LogP contribution in [0, 0.1) is 5.41 Å². The van der Waals surface area contributed by atoms with Gasteiger partial charge in [0.25, 0.3) is 11.8 Å². The highest BCUT2D eigenvalue weighted by Gasteiger charge is 2.84. The van der Waals surface area contributed by atoms with E-state index < -0.39 is 22.9 Å². The molecule has 4 aromatic rings. The summed E-state index contributed by atoms with van der Waals surface area (Å²) >= 11 is 3.52. The first kappa shape index (κ1) is 22.1. The number of aromatic amines is 2. The van der Waals surface area contributed by atoms with Crippen LogP contribution in [0.5, 0.6) is 0 Å². The maximum absolute atomic E-state index is 14.3. The van der Waals surface area contributed by atoms with Gasteiger partial charge in [-0.05, 0) is 29.3 Å². The summed E-state index contributed by atoms with van der Waals surface area (Å²) in [6.45, 7) is 0. The van der Waals surface area contributed by atoms with Crippen LogP contribution >= 0.6 is 15.9 Å². The molecule has 6 N–H and O–H groups in total. The molecule has 1 aliphatic carbocycles. The van der Waals surface area contributed by atoms with E-state index in [2.05, 4.69) is 31.2 Å². The number of benzene rings is 2. The molecule has 0 bridgehead atoms. The Labute approximate surface area is 219 Å². The molecule has 1 saturated heterocycles. The highest BCUT2D eigenvalue weighted by atomic mass is 79.9. The number of hydrogen-bond donors (Lipinski definition) is 5. The summed E-state index contributed by atoms with van der Waals surface area (Å²) in [6.07, 6.45) is 3.69. The molecule has 0 unspecified atom stereocenters. The second-order valence-electron chi connectivity index (χ2n) is 9.94. The lowest BCUT2D eigenvalue weighted by atomic mass is 9.42. The molecule has 2 aromatic heterocycles. The zero-order valence-electron chi connectivity index (χ0n) is 20.0. The number of carbonyl (C=O) groups excluding carboxylic acids is 2. The van der Waals surface area contributed by atoms with Crippen LogP contribution in [0.2, 0.25) is 0 Å². The lowest BCUT2D eigenvalue weighted by molar-refractivity contribution is -0.153. The van der Waals surface area contributed by atoms with Gasteiger partial charge >= 0.3 is 0 Å². The summed E-state index contributed by atoms with van der Waals surface area (Å²) in [4.78, 5) is 42.6. The standard InChI is InChI=1S/C26H23BrN8O2/c1-34-22(37)26(35(2)24(34)29)19(15-10-30-17-6-4-3-5-13(15)17)25(21(36)32-23(28)33-25)20(26)16-11-31-18-9-12(27)7-8-14(16)18/h3-11,19-20,29-31H,1-2H3,(H3,28,32,33,36)/t19-,20+,25-,26+/m0/s1. The van der Waals surface area contributed by atoms with Crippen molar-refractivity contribution in [3.63, 3.8) is 0 Å². The van der Waals surface area contributed by atoms with Crippen LogP contribution in [0.1, 0.15) is 23.0 Å². The fourth-order valence-electron chi connectivity index (χ4n) is 6.98. The molecule has 2 fully saturated rings. The molecule has 0 radical (unpaired) electrons. The van der Waals surface area contributed by atoms with Gasteiger partial charge in [0.05, 0.1) is 11.8 Å². The van der Waals surface area contributed by atoms with Gasteiger partial charge in [-0.15, -0.1) is 0 Å². The van der Waals surface area contributed by atoms with Crippen molar-refractivity contribution in [2.45, 2.75) is 22.9 Å². The van der Waals surface area contributed by atoms with Crippen molar-refractivity contribution in [3.8, 4) is 0 Å². The number of H-pyrrole nitrogens is 2. The minimum atomic E-state index is -1.40. The molecule has 11 heteroatoms. The van der Waals surface area contributed by atoms with Gasteiger partial charge in [-0.25, -0.2) is 4.99 Å². The number of nitrogens with two attached hydrogens (primary N) is 1. The highest BCUT2D eigenvalue weighted by molar-refractivity contribution is 9.10. The van der Waals surface area contributed by atoms with Crippen molar-refractivity contribution in [3.05, 3.63) is 70.5 Å². The first-order chi connectivity index (χ1) is 17.7. The van der Waals surface area contributed by atoms with E-state index in [1.165, 1.54) is 4.90 Å². The van der Waals surface area contributed by atoms with Gasteiger partial charge in [0.15, 0.2) is 11.5 Å². The first-order valence-corrected chi connectivity index (χ1v) is 12.6. The first-order valence-electron chi connectivity index (χ1n) is 11.8. The third-order valence-electron chi connectivity index (χ3n) is 8.43. The average molecular weight is 559 g/mol. The fourth-order valence-corrected chi connectivity index (χ4v) is 7.34. The summed E-state index contributed by atoms with van der Waals surface area (Å²) in [5, 5.41) is 13.3. The number of likely N-dealkylation sites (N-methyl/N-ethyl adjacent to an activating group) is 2. The van der Waals surface area contributed by atoms with Crippen LogP contribution in [0.15, 0.2) is 64.3 Å². The van der Waals surface area contributed by atoms with E-state index in [9.17, 15) is 9.59 Å². The Bertz CT molecular complexity index is 1720. The van der Waals surface area contributed by atoms with Crippen LogP contribution < -0.4 is 11.1 Å². The number of nitrogens with one attached hydrogen (secondary N) is 4. The highest BCUT2D eigenvalue weighted by Crippen LogP contribution is 2.70. The molecule has 2 aromatic carbocycles. The number of halogens is 1. The number of rotatable bonds is 2. The normalized spacial score (nSPS) is 29.2. The zero-order chi connectivity index (χ0) is 25.9. The molecule has 7 rings (SSSR count). The van der Waals surface area contributed by atoms with Gasteiger partial charge in [0, 0.05) is 52.8 Å². The Morgan fingerprint density at radius 1 is 1.00 bits per heavy atom. The molecule has 4 heterocycles. The van der Waals surface area contributed by atoms with Gasteiger partial charge < -0.3 is 20.6 Å². The molecule has 3 aliphatic rings. The van der Waals surface area contributed by atoms with Crippen LogP contribution in [-0.4, -0.2) is 68.7 Å². The predicted molar refractivity (Wildman–Crippen MR) is 143 cm³/mol. The number of amides is 2. The van der Waals surface area contributed by atoms with E-state index in [0.29, 0.717) is 0 Å². The van der Waals surface area contributed by atoms with E-state index in [4.69, 9.17) is 16.1 Å². The third-order valence-corrected chi connectivity index (χ3v) is 8.92. The summed E-state index contributed by atoms with van der Waals surface area (Å²) < 4.78 is 0.902. The predicted octanol–water partition coefficient (Wildman–Crippen LogP) is 2.55. The monoisotopic (exact) mass is 558 g/mol. The van der Waals surface area contributed by atoms with E-state index >= 15 is 0 Å². The molecule has 186 valence electrons. The van der Waals surface area contributed by atoms with Gasteiger partial charge in [0.1, 0.15) is 5.54 Å². The quantitative estimate of drug-likeness (QED) is 0.257. The number of para-hydroxylation sites is 1. The molecule has 2 amide bonds. The molecular weight excluding hydrogens is 536 g/mol. The SMILES string of the molecule is CN1C(=N)N(C)[C@@]2(C1=O)[C@H](c1c[nH]c3cc(Br)ccc13)[C@@]1(N=C(N)NC1=O)[C@@H]2c1c[nH]c2ccccc12. The number of hydrogen-bond acceptors (Lipinski definition) is 5. The van der Waals surface area contributed by atoms with Gasteiger partial charge in [-0.1, -0.05) is 40.2 Å². The average Bonchev–Trinajstić information content (AvgIpc) is 3.59. The number of aromatic nitrogens is 2. The van der Waals surface area contributed by atoms with Crippen molar-refractivity contribution in [2.24, 2.45) is 10.7 Å². The Hall–Kier alpha value is -4.12. The number of guanidine groups is 2. The van der Waals surface area contributed by atoms with Crippen molar-refractivity contribution in [2.75, 3.05) is 14.1 Å².